The number of hydrogen-bond acceptors (Lipinski definition) is 5. The highest BCUT2D eigenvalue weighted by Crippen LogP contribution is 2.29. The van der Waals surface area contributed by atoms with Crippen LogP contribution < -0.4 is 24.8 Å². The van der Waals surface area contributed by atoms with Crippen LogP contribution >= 0.6 is 12.2 Å². The SMILES string of the molecule is COc1ccc(NS(=O)(=O)c2cc(OC)ccc2NC(=S)Nc2cc(C)cc(C)c2)cc1. The molecule has 0 bridgehead atoms. The first kappa shape index (κ1) is 23.4. The lowest BCUT2D eigenvalue weighted by Crippen LogP contribution is -2.22. The predicted octanol–water partition coefficient (Wildman–Crippen LogP) is 4.93. The zero-order chi connectivity index (χ0) is 23.3. The van der Waals surface area contributed by atoms with Crippen molar-refractivity contribution in [2.24, 2.45) is 0 Å². The molecular formula is C23H25N3O4S2. The third kappa shape index (κ3) is 5.89. The van der Waals surface area contributed by atoms with Gasteiger partial charge in [0.15, 0.2) is 5.11 Å². The van der Waals surface area contributed by atoms with Gasteiger partial charge < -0.3 is 20.1 Å². The Morgan fingerprint density at radius 2 is 1.38 bits per heavy atom. The second kappa shape index (κ2) is 9.88. The molecule has 0 spiro atoms. The van der Waals surface area contributed by atoms with Gasteiger partial charge in [0.25, 0.3) is 10.0 Å². The van der Waals surface area contributed by atoms with E-state index in [1.54, 1.807) is 43.5 Å². The Morgan fingerprint density at radius 3 is 1.97 bits per heavy atom. The molecule has 3 rings (SSSR count). The summed E-state index contributed by atoms with van der Waals surface area (Å²) in [6.07, 6.45) is 0. The van der Waals surface area contributed by atoms with Crippen LogP contribution in [-0.4, -0.2) is 27.7 Å². The fraction of sp³-hybridized carbons (Fsp3) is 0.174. The molecule has 0 saturated carbocycles. The van der Waals surface area contributed by atoms with E-state index in [0.29, 0.717) is 22.9 Å². The van der Waals surface area contributed by atoms with Crippen molar-refractivity contribution in [3.8, 4) is 11.5 Å². The molecule has 0 fully saturated rings. The molecule has 3 aromatic carbocycles. The van der Waals surface area contributed by atoms with Crippen LogP contribution in [0.1, 0.15) is 11.1 Å². The molecular weight excluding hydrogens is 446 g/mol. The standard InChI is InChI=1S/C23H25N3O4S2/c1-15-11-16(2)13-18(12-15)24-23(31)25-21-10-9-20(30-4)14-22(21)32(27,28)26-17-5-7-19(29-3)8-6-17/h5-14,26H,1-4H3,(H2,24,25,31). The number of ether oxygens (including phenoxy) is 2. The lowest BCUT2D eigenvalue weighted by molar-refractivity contribution is 0.413. The summed E-state index contributed by atoms with van der Waals surface area (Å²) in [5.41, 5.74) is 3.71. The summed E-state index contributed by atoms with van der Waals surface area (Å²) in [6, 6.07) is 17.3. The highest BCUT2D eigenvalue weighted by atomic mass is 32.2. The Balaban J connectivity index is 1.87. The molecule has 0 atom stereocenters. The van der Waals surface area contributed by atoms with Gasteiger partial charge in [-0.1, -0.05) is 6.07 Å². The van der Waals surface area contributed by atoms with Crippen LogP contribution in [0.4, 0.5) is 17.1 Å². The molecule has 168 valence electrons. The maximum atomic E-state index is 13.2. The number of methoxy groups -OCH3 is 2. The molecule has 0 heterocycles. The van der Waals surface area contributed by atoms with Gasteiger partial charge in [-0.25, -0.2) is 8.42 Å². The summed E-state index contributed by atoms with van der Waals surface area (Å²) >= 11 is 5.42. The smallest absolute Gasteiger partial charge is 0.264 e. The zero-order valence-corrected chi connectivity index (χ0v) is 19.9. The van der Waals surface area contributed by atoms with Crippen LogP contribution in [0.15, 0.2) is 65.6 Å². The summed E-state index contributed by atoms with van der Waals surface area (Å²) < 4.78 is 39.3. The van der Waals surface area contributed by atoms with Crippen LogP contribution in [0, 0.1) is 13.8 Å². The van der Waals surface area contributed by atoms with E-state index < -0.39 is 10.0 Å². The molecule has 0 aliphatic rings. The molecule has 0 radical (unpaired) electrons. The van der Waals surface area contributed by atoms with Crippen LogP contribution in [0.5, 0.6) is 11.5 Å². The topological polar surface area (TPSA) is 88.7 Å². The lowest BCUT2D eigenvalue weighted by Gasteiger charge is -2.17. The highest BCUT2D eigenvalue weighted by molar-refractivity contribution is 7.93. The Hall–Kier alpha value is -3.30. The zero-order valence-electron chi connectivity index (χ0n) is 18.2. The summed E-state index contributed by atoms with van der Waals surface area (Å²) in [4.78, 5) is -0.00255. The van der Waals surface area contributed by atoms with Crippen molar-refractivity contribution in [1.29, 1.82) is 0 Å². The molecule has 7 nitrogen and oxygen atoms in total. The number of sulfonamides is 1. The molecule has 0 saturated heterocycles. The minimum atomic E-state index is -3.95. The Labute approximate surface area is 193 Å². The van der Waals surface area contributed by atoms with Crippen molar-refractivity contribution in [3.05, 3.63) is 71.8 Å². The Bertz CT molecular complexity index is 1210. The van der Waals surface area contributed by atoms with Gasteiger partial charge in [0.05, 0.1) is 19.9 Å². The average molecular weight is 472 g/mol. The highest BCUT2D eigenvalue weighted by Gasteiger charge is 2.21. The van der Waals surface area contributed by atoms with Crippen molar-refractivity contribution >= 4 is 44.4 Å². The van der Waals surface area contributed by atoms with Crippen LogP contribution in [-0.2, 0) is 10.0 Å². The summed E-state index contributed by atoms with van der Waals surface area (Å²) in [5, 5.41) is 6.35. The lowest BCUT2D eigenvalue weighted by atomic mass is 10.1. The minimum absolute atomic E-state index is 0.00255. The number of rotatable bonds is 7. The molecule has 32 heavy (non-hydrogen) atoms. The largest absolute Gasteiger partial charge is 0.497 e. The first-order valence-corrected chi connectivity index (χ1v) is 11.6. The fourth-order valence-electron chi connectivity index (χ4n) is 3.16. The number of hydrogen-bond donors (Lipinski definition) is 3. The van der Waals surface area contributed by atoms with Crippen molar-refractivity contribution in [1.82, 2.24) is 0 Å². The number of benzene rings is 3. The van der Waals surface area contributed by atoms with E-state index in [0.717, 1.165) is 16.8 Å². The maximum absolute atomic E-state index is 13.2. The van der Waals surface area contributed by atoms with E-state index in [-0.39, 0.29) is 10.0 Å². The average Bonchev–Trinajstić information content (AvgIpc) is 2.73. The van der Waals surface area contributed by atoms with Crippen molar-refractivity contribution in [2.75, 3.05) is 29.6 Å². The second-order valence-corrected chi connectivity index (χ2v) is 9.21. The van der Waals surface area contributed by atoms with Gasteiger partial charge in [0, 0.05) is 17.4 Å². The predicted molar refractivity (Wildman–Crippen MR) is 133 cm³/mol. The fourth-order valence-corrected chi connectivity index (χ4v) is 4.62. The molecule has 9 heteroatoms. The molecule has 0 aliphatic heterocycles. The quantitative estimate of drug-likeness (QED) is 0.421. The van der Waals surface area contributed by atoms with Crippen molar-refractivity contribution < 1.29 is 17.9 Å². The van der Waals surface area contributed by atoms with Gasteiger partial charge in [0.1, 0.15) is 16.4 Å². The third-order valence-electron chi connectivity index (χ3n) is 4.55. The van der Waals surface area contributed by atoms with Crippen LogP contribution in [0.2, 0.25) is 0 Å². The molecule has 0 unspecified atom stereocenters. The molecule has 0 amide bonds. The summed E-state index contributed by atoms with van der Waals surface area (Å²) in [7, 11) is -0.931. The molecule has 0 aromatic heterocycles. The van der Waals surface area contributed by atoms with E-state index in [2.05, 4.69) is 21.4 Å². The van der Waals surface area contributed by atoms with Gasteiger partial charge in [-0.15, -0.1) is 0 Å². The summed E-state index contributed by atoms with van der Waals surface area (Å²) in [6.45, 7) is 3.99. The number of thiocarbonyl (C=S) groups is 1. The summed E-state index contributed by atoms with van der Waals surface area (Å²) in [5.74, 6) is 1.03. The third-order valence-corrected chi connectivity index (χ3v) is 6.17. The van der Waals surface area contributed by atoms with Gasteiger partial charge in [-0.2, -0.15) is 0 Å². The number of nitrogens with one attached hydrogen (secondary N) is 3. The monoisotopic (exact) mass is 471 g/mol. The van der Waals surface area contributed by atoms with Gasteiger partial charge >= 0.3 is 0 Å². The molecule has 3 N–H and O–H groups in total. The van der Waals surface area contributed by atoms with Crippen LogP contribution in [0.3, 0.4) is 0 Å². The molecule has 3 aromatic rings. The molecule has 0 aliphatic carbocycles. The number of anilines is 3. The van der Waals surface area contributed by atoms with Gasteiger partial charge in [-0.3, -0.25) is 4.72 Å². The first-order valence-electron chi connectivity index (χ1n) is 9.71. The van der Waals surface area contributed by atoms with Crippen molar-refractivity contribution in [2.45, 2.75) is 18.7 Å². The van der Waals surface area contributed by atoms with E-state index in [1.807, 2.05) is 26.0 Å². The Morgan fingerprint density at radius 1 is 0.781 bits per heavy atom. The van der Waals surface area contributed by atoms with Crippen LogP contribution in [0.25, 0.3) is 0 Å². The first-order chi connectivity index (χ1) is 15.2. The van der Waals surface area contributed by atoms with E-state index in [9.17, 15) is 8.42 Å². The minimum Gasteiger partial charge on any atom is -0.497 e. The maximum Gasteiger partial charge on any atom is 0.264 e. The van der Waals surface area contributed by atoms with E-state index in [4.69, 9.17) is 21.7 Å². The normalized spacial score (nSPS) is 10.9. The second-order valence-electron chi connectivity index (χ2n) is 7.15. The number of aryl methyl sites for hydroxylation is 2. The van der Waals surface area contributed by atoms with E-state index in [1.165, 1.54) is 13.2 Å². The van der Waals surface area contributed by atoms with Gasteiger partial charge in [0.2, 0.25) is 0 Å². The Kier molecular flexibility index (Phi) is 7.22. The van der Waals surface area contributed by atoms with E-state index >= 15 is 0 Å². The van der Waals surface area contributed by atoms with Crippen molar-refractivity contribution in [3.63, 3.8) is 0 Å². The van der Waals surface area contributed by atoms with Gasteiger partial charge in [-0.05, 0) is 85.7 Å².